The van der Waals surface area contributed by atoms with Crippen LogP contribution in [0, 0.1) is 12.8 Å². The van der Waals surface area contributed by atoms with Crippen LogP contribution < -0.4 is 0 Å². The number of aryl methyl sites for hydroxylation is 1. The van der Waals surface area contributed by atoms with Crippen molar-refractivity contribution in [2.75, 3.05) is 46.3 Å². The van der Waals surface area contributed by atoms with Crippen molar-refractivity contribution in [3.63, 3.8) is 0 Å². The van der Waals surface area contributed by atoms with Crippen molar-refractivity contribution in [1.29, 1.82) is 0 Å². The van der Waals surface area contributed by atoms with Gasteiger partial charge in [-0.05, 0) is 49.7 Å². The molecule has 0 unspecified atom stereocenters. The minimum atomic E-state index is -0.664. The third-order valence-electron chi connectivity index (χ3n) is 5.85. The molecule has 3 heterocycles. The molecule has 0 amide bonds. The van der Waals surface area contributed by atoms with Gasteiger partial charge >= 0.3 is 5.97 Å². The van der Waals surface area contributed by atoms with Crippen molar-refractivity contribution in [2.24, 2.45) is 5.92 Å². The predicted molar refractivity (Wildman–Crippen MR) is 102 cm³/mol. The van der Waals surface area contributed by atoms with Crippen molar-refractivity contribution in [3.05, 3.63) is 21.9 Å². The number of thiophene rings is 1. The number of piperazine rings is 1. The fourth-order valence-corrected chi connectivity index (χ4v) is 5.18. The fraction of sp³-hybridized carbons (Fsp3) is 0.737. The van der Waals surface area contributed by atoms with Crippen LogP contribution in [-0.4, -0.2) is 78.1 Å². The number of hydrogen-bond donors (Lipinski definition) is 1. The molecular weight excluding hydrogens is 334 g/mol. The first-order valence-electron chi connectivity index (χ1n) is 9.42. The summed E-state index contributed by atoms with van der Waals surface area (Å²) in [5, 5.41) is 11.3. The van der Waals surface area contributed by atoms with E-state index in [0.29, 0.717) is 18.4 Å². The minimum Gasteiger partial charge on any atom is -0.481 e. The van der Waals surface area contributed by atoms with E-state index in [2.05, 4.69) is 40.1 Å². The van der Waals surface area contributed by atoms with E-state index in [-0.39, 0.29) is 0 Å². The van der Waals surface area contributed by atoms with Crippen molar-refractivity contribution in [1.82, 2.24) is 14.7 Å². The molecule has 5 nitrogen and oxygen atoms in total. The van der Waals surface area contributed by atoms with Crippen LogP contribution >= 0.6 is 11.3 Å². The number of rotatable bonds is 6. The Morgan fingerprint density at radius 1 is 1.28 bits per heavy atom. The van der Waals surface area contributed by atoms with E-state index >= 15 is 0 Å². The number of carbonyl (C=O) groups is 1. The van der Waals surface area contributed by atoms with Crippen LogP contribution in [0.5, 0.6) is 0 Å². The number of likely N-dealkylation sites (tertiary alicyclic amines) is 1. The molecule has 2 fully saturated rings. The number of nitrogens with zero attached hydrogens (tertiary/aromatic N) is 3. The summed E-state index contributed by atoms with van der Waals surface area (Å²) in [4.78, 5) is 20.1. The summed E-state index contributed by atoms with van der Waals surface area (Å²) in [5.74, 6) is -0.197. The third-order valence-corrected chi connectivity index (χ3v) is 6.86. The summed E-state index contributed by atoms with van der Waals surface area (Å²) in [5.41, 5.74) is 1.38. The zero-order chi connectivity index (χ0) is 17.8. The van der Waals surface area contributed by atoms with E-state index in [1.165, 1.54) is 16.9 Å². The number of likely N-dealkylation sites (N-methyl/N-ethyl adjacent to an activating group) is 1. The molecule has 1 aromatic rings. The second-order valence-corrected chi connectivity index (χ2v) is 8.65. The first kappa shape index (κ1) is 18.8. The van der Waals surface area contributed by atoms with Gasteiger partial charge in [0.05, 0.1) is 0 Å². The highest BCUT2D eigenvalue weighted by Gasteiger charge is 2.34. The molecule has 0 aliphatic carbocycles. The van der Waals surface area contributed by atoms with Crippen LogP contribution in [0.4, 0.5) is 0 Å². The standard InChI is InChI=1S/C19H31N3O2S/c1-15-6-12-25-18(15)14-21-7-5-17(16(13-21)3-4-19(23)24)22-10-8-20(2)9-11-22/h6,12,16-17H,3-5,7-11,13-14H2,1-2H3,(H,23,24)/t16-,17+/m1/s1. The molecule has 3 rings (SSSR count). The number of hydrogen-bond acceptors (Lipinski definition) is 5. The summed E-state index contributed by atoms with van der Waals surface area (Å²) in [6.45, 7) is 9.84. The van der Waals surface area contributed by atoms with E-state index < -0.39 is 5.97 Å². The summed E-state index contributed by atoms with van der Waals surface area (Å²) in [6, 6.07) is 2.74. The van der Waals surface area contributed by atoms with Crippen LogP contribution in [0.2, 0.25) is 0 Å². The SMILES string of the molecule is Cc1ccsc1CN1CC[C@H](N2CCN(C)CC2)[C@H](CCC(=O)O)C1. The highest BCUT2D eigenvalue weighted by molar-refractivity contribution is 7.10. The van der Waals surface area contributed by atoms with Crippen LogP contribution in [0.15, 0.2) is 11.4 Å². The Labute approximate surface area is 155 Å². The van der Waals surface area contributed by atoms with Crippen LogP contribution in [0.25, 0.3) is 0 Å². The highest BCUT2D eigenvalue weighted by atomic mass is 32.1. The van der Waals surface area contributed by atoms with Crippen LogP contribution in [0.1, 0.15) is 29.7 Å². The first-order chi connectivity index (χ1) is 12.0. The molecule has 0 aromatic carbocycles. The first-order valence-corrected chi connectivity index (χ1v) is 10.3. The zero-order valence-corrected chi connectivity index (χ0v) is 16.3. The summed E-state index contributed by atoms with van der Waals surface area (Å²) in [6.07, 6.45) is 2.26. The van der Waals surface area contributed by atoms with Gasteiger partial charge in [0.15, 0.2) is 0 Å². The molecule has 140 valence electrons. The fourth-order valence-electron chi connectivity index (χ4n) is 4.23. The lowest BCUT2D eigenvalue weighted by Gasteiger charge is -2.46. The van der Waals surface area contributed by atoms with Gasteiger partial charge in [-0.25, -0.2) is 0 Å². The Balaban J connectivity index is 1.63. The number of carboxylic acids is 1. The number of piperidine rings is 1. The number of carboxylic acid groups (broad SMARTS) is 1. The van der Waals surface area contributed by atoms with Gasteiger partial charge < -0.3 is 10.0 Å². The summed E-state index contributed by atoms with van der Waals surface area (Å²) < 4.78 is 0. The smallest absolute Gasteiger partial charge is 0.303 e. The summed E-state index contributed by atoms with van der Waals surface area (Å²) >= 11 is 1.84. The molecule has 0 radical (unpaired) electrons. The average Bonchev–Trinajstić information content (AvgIpc) is 2.99. The molecule has 6 heteroatoms. The van der Waals surface area contributed by atoms with Gasteiger partial charge in [0.1, 0.15) is 0 Å². The van der Waals surface area contributed by atoms with Gasteiger partial charge in [-0.15, -0.1) is 11.3 Å². The quantitative estimate of drug-likeness (QED) is 0.839. The van der Waals surface area contributed by atoms with Gasteiger partial charge in [0.25, 0.3) is 0 Å². The zero-order valence-electron chi connectivity index (χ0n) is 15.5. The van der Waals surface area contributed by atoms with Crippen LogP contribution in [-0.2, 0) is 11.3 Å². The second-order valence-electron chi connectivity index (χ2n) is 7.65. The molecule has 2 atom stereocenters. The van der Waals surface area contributed by atoms with E-state index in [1.807, 2.05) is 11.3 Å². The van der Waals surface area contributed by atoms with E-state index in [0.717, 1.165) is 52.2 Å². The predicted octanol–water partition coefficient (Wildman–Crippen LogP) is 2.36. The molecule has 0 spiro atoms. The third kappa shape index (κ3) is 5.03. The Kier molecular flexibility index (Phi) is 6.49. The Morgan fingerprint density at radius 3 is 2.68 bits per heavy atom. The topological polar surface area (TPSA) is 47.0 Å². The van der Waals surface area contributed by atoms with E-state index in [9.17, 15) is 4.79 Å². The number of aliphatic carboxylic acids is 1. The van der Waals surface area contributed by atoms with Gasteiger partial charge in [-0.1, -0.05) is 0 Å². The molecule has 0 saturated carbocycles. The van der Waals surface area contributed by atoms with Crippen LogP contribution in [0.3, 0.4) is 0 Å². The van der Waals surface area contributed by atoms with Gasteiger partial charge in [0, 0.05) is 63.2 Å². The van der Waals surface area contributed by atoms with Crippen molar-refractivity contribution < 1.29 is 9.90 Å². The van der Waals surface area contributed by atoms with E-state index in [4.69, 9.17) is 5.11 Å². The normalized spacial score (nSPS) is 26.8. The maximum absolute atomic E-state index is 11.1. The highest BCUT2D eigenvalue weighted by Crippen LogP contribution is 2.29. The van der Waals surface area contributed by atoms with E-state index in [1.54, 1.807) is 0 Å². The minimum absolute atomic E-state index is 0.292. The van der Waals surface area contributed by atoms with Gasteiger partial charge in [0.2, 0.25) is 0 Å². The van der Waals surface area contributed by atoms with Gasteiger partial charge in [-0.3, -0.25) is 14.6 Å². The maximum atomic E-state index is 11.1. The lowest BCUT2D eigenvalue weighted by molar-refractivity contribution is -0.137. The Bertz CT molecular complexity index is 569. The molecule has 1 N–H and O–H groups in total. The summed E-state index contributed by atoms with van der Waals surface area (Å²) in [7, 11) is 2.19. The maximum Gasteiger partial charge on any atom is 0.303 e. The lowest BCUT2D eigenvalue weighted by atomic mass is 9.86. The molecule has 2 aliphatic rings. The molecule has 2 aliphatic heterocycles. The monoisotopic (exact) mass is 365 g/mol. The largest absolute Gasteiger partial charge is 0.481 e. The van der Waals surface area contributed by atoms with Crippen molar-refractivity contribution in [3.8, 4) is 0 Å². The molecular formula is C19H31N3O2S. The van der Waals surface area contributed by atoms with Crippen molar-refractivity contribution >= 4 is 17.3 Å². The van der Waals surface area contributed by atoms with Crippen molar-refractivity contribution in [2.45, 2.75) is 38.8 Å². The Hall–Kier alpha value is -0.950. The molecule has 0 bridgehead atoms. The van der Waals surface area contributed by atoms with Gasteiger partial charge in [-0.2, -0.15) is 0 Å². The molecule has 1 aromatic heterocycles. The second kappa shape index (κ2) is 8.62. The average molecular weight is 366 g/mol. The molecule has 25 heavy (non-hydrogen) atoms. The molecule has 2 saturated heterocycles. The Morgan fingerprint density at radius 2 is 2.04 bits per heavy atom. The lowest BCUT2D eigenvalue weighted by Crippen LogP contribution is -2.56.